The average molecular weight is 299 g/mol. The summed E-state index contributed by atoms with van der Waals surface area (Å²) in [6, 6.07) is 1.06. The van der Waals surface area contributed by atoms with E-state index in [0.29, 0.717) is 25.2 Å². The number of carbonyl (C=O) groups is 1. The van der Waals surface area contributed by atoms with Crippen molar-refractivity contribution in [3.63, 3.8) is 0 Å². The van der Waals surface area contributed by atoms with Gasteiger partial charge in [-0.3, -0.25) is 14.9 Å². The molecule has 0 spiro atoms. The number of hydrogen-bond donors (Lipinski definition) is 1. The van der Waals surface area contributed by atoms with Crippen molar-refractivity contribution < 1.29 is 18.5 Å². The van der Waals surface area contributed by atoms with Crippen LogP contribution in [-0.2, 0) is 0 Å². The lowest BCUT2D eigenvalue weighted by atomic mass is 10.1. The molecular weight excluding hydrogens is 284 g/mol. The van der Waals surface area contributed by atoms with Crippen molar-refractivity contribution in [1.82, 2.24) is 10.2 Å². The third-order valence-corrected chi connectivity index (χ3v) is 3.52. The van der Waals surface area contributed by atoms with Crippen molar-refractivity contribution in [3.05, 3.63) is 39.4 Å². The SMILES string of the molecule is CNCC1CCCN1C(=O)c1cc(F)cc([N+](=O)[O-])c1F. The Kier molecular flexibility index (Phi) is 4.46. The Morgan fingerprint density at radius 1 is 1.52 bits per heavy atom. The van der Waals surface area contributed by atoms with Crippen molar-refractivity contribution in [1.29, 1.82) is 0 Å². The first-order valence-corrected chi connectivity index (χ1v) is 6.54. The second-order valence-electron chi connectivity index (χ2n) is 4.90. The Labute approximate surface area is 119 Å². The number of nitro groups is 1. The number of halogens is 2. The summed E-state index contributed by atoms with van der Waals surface area (Å²) in [5.74, 6) is -3.01. The maximum Gasteiger partial charge on any atom is 0.308 e. The predicted octanol–water partition coefficient (Wildman–Crippen LogP) is 1.70. The van der Waals surface area contributed by atoms with Gasteiger partial charge in [0.05, 0.1) is 16.6 Å². The minimum absolute atomic E-state index is 0.121. The molecule has 0 aliphatic carbocycles. The summed E-state index contributed by atoms with van der Waals surface area (Å²) < 4.78 is 27.5. The van der Waals surface area contributed by atoms with E-state index in [2.05, 4.69) is 5.32 Å². The van der Waals surface area contributed by atoms with E-state index in [1.54, 1.807) is 7.05 Å². The summed E-state index contributed by atoms with van der Waals surface area (Å²) >= 11 is 0. The number of likely N-dealkylation sites (tertiary alicyclic amines) is 1. The normalized spacial score (nSPS) is 18.0. The minimum atomic E-state index is -1.29. The molecule has 1 heterocycles. The number of carbonyl (C=O) groups excluding carboxylic acids is 1. The van der Waals surface area contributed by atoms with Gasteiger partial charge >= 0.3 is 5.69 Å². The first-order valence-electron chi connectivity index (χ1n) is 6.54. The Balaban J connectivity index is 2.37. The molecule has 6 nitrogen and oxygen atoms in total. The van der Waals surface area contributed by atoms with Gasteiger partial charge in [0, 0.05) is 19.1 Å². The zero-order chi connectivity index (χ0) is 15.6. The van der Waals surface area contributed by atoms with Gasteiger partial charge in [-0.05, 0) is 26.0 Å². The molecule has 1 aromatic carbocycles. The molecule has 1 aromatic rings. The highest BCUT2D eigenvalue weighted by molar-refractivity contribution is 5.95. The smallest absolute Gasteiger partial charge is 0.308 e. The van der Waals surface area contributed by atoms with Crippen LogP contribution in [0.25, 0.3) is 0 Å². The molecule has 1 amide bonds. The van der Waals surface area contributed by atoms with Gasteiger partial charge in [0.15, 0.2) is 0 Å². The zero-order valence-corrected chi connectivity index (χ0v) is 11.4. The van der Waals surface area contributed by atoms with Crippen LogP contribution in [0, 0.1) is 21.7 Å². The number of nitrogens with zero attached hydrogens (tertiary/aromatic N) is 2. The summed E-state index contributed by atoms with van der Waals surface area (Å²) in [7, 11) is 1.73. The van der Waals surface area contributed by atoms with Crippen molar-refractivity contribution in [2.75, 3.05) is 20.1 Å². The molecule has 1 fully saturated rings. The lowest BCUT2D eigenvalue weighted by Gasteiger charge is -2.24. The van der Waals surface area contributed by atoms with Crippen LogP contribution in [0.4, 0.5) is 14.5 Å². The summed E-state index contributed by atoms with van der Waals surface area (Å²) in [6.45, 7) is 0.958. The van der Waals surface area contributed by atoms with Gasteiger partial charge in [-0.15, -0.1) is 0 Å². The average Bonchev–Trinajstić information content (AvgIpc) is 2.88. The quantitative estimate of drug-likeness (QED) is 0.678. The maximum absolute atomic E-state index is 14.0. The van der Waals surface area contributed by atoms with Gasteiger partial charge < -0.3 is 10.2 Å². The number of likely N-dealkylation sites (N-methyl/N-ethyl adjacent to an activating group) is 1. The lowest BCUT2D eigenvalue weighted by molar-refractivity contribution is -0.387. The number of hydrogen-bond acceptors (Lipinski definition) is 4. The summed E-state index contributed by atoms with van der Waals surface area (Å²) in [6.07, 6.45) is 1.52. The highest BCUT2D eigenvalue weighted by Gasteiger charge is 2.33. The van der Waals surface area contributed by atoms with Crippen LogP contribution in [0.3, 0.4) is 0 Å². The summed E-state index contributed by atoms with van der Waals surface area (Å²) in [5, 5.41) is 13.6. The van der Waals surface area contributed by atoms with Crippen LogP contribution in [0.1, 0.15) is 23.2 Å². The lowest BCUT2D eigenvalue weighted by Crippen LogP contribution is -2.41. The second kappa shape index (κ2) is 6.13. The fraction of sp³-hybridized carbons (Fsp3) is 0.462. The van der Waals surface area contributed by atoms with Gasteiger partial charge in [0.1, 0.15) is 5.82 Å². The van der Waals surface area contributed by atoms with Gasteiger partial charge in [-0.2, -0.15) is 4.39 Å². The second-order valence-corrected chi connectivity index (χ2v) is 4.90. The molecule has 1 N–H and O–H groups in total. The Hall–Kier alpha value is -2.09. The van der Waals surface area contributed by atoms with Crippen LogP contribution < -0.4 is 5.32 Å². The van der Waals surface area contributed by atoms with Crippen LogP contribution in [-0.4, -0.2) is 41.9 Å². The first-order chi connectivity index (χ1) is 9.95. The molecule has 1 aliphatic rings. The van der Waals surface area contributed by atoms with Crippen molar-refractivity contribution in [3.8, 4) is 0 Å². The van der Waals surface area contributed by atoms with E-state index in [4.69, 9.17) is 0 Å². The molecule has 21 heavy (non-hydrogen) atoms. The highest BCUT2D eigenvalue weighted by Crippen LogP contribution is 2.26. The highest BCUT2D eigenvalue weighted by atomic mass is 19.1. The Morgan fingerprint density at radius 2 is 2.24 bits per heavy atom. The van der Waals surface area contributed by atoms with Gasteiger partial charge in [0.25, 0.3) is 5.91 Å². The van der Waals surface area contributed by atoms with E-state index in [-0.39, 0.29) is 6.04 Å². The predicted molar refractivity (Wildman–Crippen MR) is 71.0 cm³/mol. The van der Waals surface area contributed by atoms with E-state index in [9.17, 15) is 23.7 Å². The number of nitrogens with one attached hydrogen (secondary N) is 1. The van der Waals surface area contributed by atoms with Crippen molar-refractivity contribution >= 4 is 11.6 Å². The Bertz CT molecular complexity index is 580. The van der Waals surface area contributed by atoms with Crippen LogP contribution in [0.2, 0.25) is 0 Å². The molecule has 0 radical (unpaired) electrons. The number of benzene rings is 1. The number of nitro benzene ring substituents is 1. The standard InChI is InChI=1S/C13H15F2N3O3/c1-16-7-9-3-2-4-17(9)13(19)10-5-8(14)6-11(12(10)15)18(20)21/h5-6,9,16H,2-4,7H2,1H3. The number of amides is 1. The fourth-order valence-corrected chi connectivity index (χ4v) is 2.57. The van der Waals surface area contributed by atoms with Crippen molar-refractivity contribution in [2.45, 2.75) is 18.9 Å². The monoisotopic (exact) mass is 299 g/mol. The molecule has 1 atom stereocenters. The van der Waals surface area contributed by atoms with Crippen LogP contribution in [0.5, 0.6) is 0 Å². The molecule has 0 bridgehead atoms. The maximum atomic E-state index is 14.0. The molecule has 8 heteroatoms. The zero-order valence-electron chi connectivity index (χ0n) is 11.4. The third kappa shape index (κ3) is 2.99. The molecule has 0 saturated carbocycles. The van der Waals surface area contributed by atoms with Gasteiger partial charge in [0.2, 0.25) is 5.82 Å². The van der Waals surface area contributed by atoms with E-state index in [1.807, 2.05) is 0 Å². The molecular formula is C13H15F2N3O3. The molecule has 2 rings (SSSR count). The summed E-state index contributed by atoms with van der Waals surface area (Å²) in [5.41, 5.74) is -1.62. The summed E-state index contributed by atoms with van der Waals surface area (Å²) in [4.78, 5) is 23.4. The van der Waals surface area contributed by atoms with E-state index < -0.39 is 33.7 Å². The van der Waals surface area contributed by atoms with Gasteiger partial charge in [-0.25, -0.2) is 4.39 Å². The largest absolute Gasteiger partial charge is 0.334 e. The van der Waals surface area contributed by atoms with Crippen LogP contribution >= 0.6 is 0 Å². The molecule has 1 aliphatic heterocycles. The van der Waals surface area contributed by atoms with E-state index in [1.165, 1.54) is 4.90 Å². The van der Waals surface area contributed by atoms with Gasteiger partial charge in [-0.1, -0.05) is 0 Å². The van der Waals surface area contributed by atoms with E-state index in [0.717, 1.165) is 12.8 Å². The molecule has 0 aromatic heterocycles. The molecule has 1 unspecified atom stereocenters. The molecule has 1 saturated heterocycles. The topological polar surface area (TPSA) is 75.5 Å². The molecule has 114 valence electrons. The fourth-order valence-electron chi connectivity index (χ4n) is 2.57. The minimum Gasteiger partial charge on any atom is -0.334 e. The van der Waals surface area contributed by atoms with Crippen LogP contribution in [0.15, 0.2) is 12.1 Å². The van der Waals surface area contributed by atoms with E-state index >= 15 is 0 Å². The number of rotatable bonds is 4. The van der Waals surface area contributed by atoms with Crippen molar-refractivity contribution in [2.24, 2.45) is 0 Å². The third-order valence-electron chi connectivity index (χ3n) is 3.52. The first kappa shape index (κ1) is 15.3. The Morgan fingerprint density at radius 3 is 2.86 bits per heavy atom.